The number of primary amides is 2. The number of carbonyl (C=O) groups is 3. The number of urea groups is 3. The molecule has 0 radical (unpaired) electrons. The first-order valence-corrected chi connectivity index (χ1v) is 10.3. The number of nitrogens with two attached hydrogens (primary N) is 5. The number of guanidine groups is 1. The Balaban J connectivity index is 5.62. The van der Waals surface area contributed by atoms with Crippen molar-refractivity contribution in [3.63, 3.8) is 0 Å². The lowest BCUT2D eigenvalue weighted by Gasteiger charge is -2.40. The number of unbranched alkanes of at least 4 members (excludes halogenated alkanes) is 1. The summed E-state index contributed by atoms with van der Waals surface area (Å²) in [5.74, 6) is -0.224. The minimum atomic E-state index is -0.750. The highest BCUT2D eigenvalue weighted by atomic mass is 16.2. The molecule has 0 spiro atoms. The van der Waals surface area contributed by atoms with Gasteiger partial charge in [-0.05, 0) is 32.7 Å². The van der Waals surface area contributed by atoms with E-state index >= 15 is 0 Å². The van der Waals surface area contributed by atoms with Crippen LogP contribution in [0, 0.1) is 5.41 Å². The summed E-state index contributed by atoms with van der Waals surface area (Å²) in [5, 5.41) is 17.9. The standard InChI is InChI=1S/C17H39N11O3/c1-11(27-15(22)29)13(5-8-24-14(20)21)28(16(23)30)12(4-2-3-6-18)10-26-17(31)25-9-7-19/h11-13H,2-10,18-19H2,1H3,(H2,23,30)(H4,20,21,24)(H3,22,27,29)(H2,25,26,31). The molecular weight excluding hydrogens is 406 g/mol. The maximum absolute atomic E-state index is 12.5. The topological polar surface area (TPSA) is 257 Å². The molecule has 6 amide bonds. The molecule has 0 aromatic rings. The van der Waals surface area contributed by atoms with Gasteiger partial charge in [0.25, 0.3) is 0 Å². The zero-order valence-electron chi connectivity index (χ0n) is 18.2. The number of rotatable bonds is 15. The van der Waals surface area contributed by atoms with E-state index in [-0.39, 0.29) is 19.0 Å². The molecule has 15 N–H and O–H groups in total. The van der Waals surface area contributed by atoms with Crippen molar-refractivity contribution >= 4 is 24.1 Å². The summed E-state index contributed by atoms with van der Waals surface area (Å²) in [6.45, 7) is 3.17. The van der Waals surface area contributed by atoms with E-state index in [2.05, 4.69) is 21.3 Å². The minimum absolute atomic E-state index is 0.129. The summed E-state index contributed by atoms with van der Waals surface area (Å²) in [7, 11) is 0. The first-order valence-electron chi connectivity index (χ1n) is 10.3. The number of carbonyl (C=O) groups excluding carboxylic acids is 3. The Labute approximate surface area is 182 Å². The Morgan fingerprint density at radius 3 is 2.13 bits per heavy atom. The predicted molar refractivity (Wildman–Crippen MR) is 119 cm³/mol. The Bertz CT molecular complexity index is 576. The van der Waals surface area contributed by atoms with Crippen LogP contribution in [-0.4, -0.2) is 79.8 Å². The number of nitrogens with one attached hydrogen (secondary N) is 5. The first kappa shape index (κ1) is 28.0. The summed E-state index contributed by atoms with van der Waals surface area (Å²) < 4.78 is 0. The van der Waals surface area contributed by atoms with E-state index in [1.165, 1.54) is 4.90 Å². The molecule has 0 fully saturated rings. The third kappa shape index (κ3) is 12.3. The van der Waals surface area contributed by atoms with Crippen LogP contribution >= 0.6 is 0 Å². The Morgan fingerprint density at radius 1 is 0.935 bits per heavy atom. The van der Waals surface area contributed by atoms with Crippen molar-refractivity contribution in [1.29, 1.82) is 5.41 Å². The second kappa shape index (κ2) is 15.8. The maximum Gasteiger partial charge on any atom is 0.315 e. The van der Waals surface area contributed by atoms with Gasteiger partial charge in [-0.25, -0.2) is 14.4 Å². The van der Waals surface area contributed by atoms with E-state index in [1.807, 2.05) is 0 Å². The highest BCUT2D eigenvalue weighted by Gasteiger charge is 2.33. The number of nitrogens with zero attached hydrogens (tertiary/aromatic N) is 1. The van der Waals surface area contributed by atoms with Crippen molar-refractivity contribution in [3.8, 4) is 0 Å². The fourth-order valence-corrected chi connectivity index (χ4v) is 3.24. The van der Waals surface area contributed by atoms with Gasteiger partial charge in [0.05, 0.1) is 12.1 Å². The van der Waals surface area contributed by atoms with Crippen LogP contribution in [0.1, 0.15) is 32.6 Å². The quantitative estimate of drug-likeness (QED) is 0.0730. The van der Waals surface area contributed by atoms with Gasteiger partial charge in [-0.1, -0.05) is 6.42 Å². The second-order valence-electron chi connectivity index (χ2n) is 7.10. The van der Waals surface area contributed by atoms with Crippen LogP contribution < -0.4 is 49.9 Å². The minimum Gasteiger partial charge on any atom is -0.370 e. The second-order valence-corrected chi connectivity index (χ2v) is 7.10. The van der Waals surface area contributed by atoms with Crippen LogP contribution in [-0.2, 0) is 0 Å². The number of amides is 6. The summed E-state index contributed by atoms with van der Waals surface area (Å²) in [6, 6.07) is -3.48. The van der Waals surface area contributed by atoms with Crippen LogP contribution in [0.5, 0.6) is 0 Å². The average molecular weight is 446 g/mol. The van der Waals surface area contributed by atoms with Crippen LogP contribution in [0.25, 0.3) is 0 Å². The highest BCUT2D eigenvalue weighted by Crippen LogP contribution is 2.17. The van der Waals surface area contributed by atoms with E-state index in [1.54, 1.807) is 6.92 Å². The monoisotopic (exact) mass is 445 g/mol. The molecule has 0 bridgehead atoms. The van der Waals surface area contributed by atoms with Crippen molar-refractivity contribution in [3.05, 3.63) is 0 Å². The molecule has 3 unspecified atom stereocenters. The van der Waals surface area contributed by atoms with Gasteiger partial charge in [0.1, 0.15) is 0 Å². The molecule has 0 aromatic heterocycles. The normalized spacial score (nSPS) is 13.4. The van der Waals surface area contributed by atoms with Crippen molar-refractivity contribution in [1.82, 2.24) is 26.2 Å². The lowest BCUT2D eigenvalue weighted by atomic mass is 9.99. The Hall–Kier alpha value is -3.00. The van der Waals surface area contributed by atoms with Crippen molar-refractivity contribution in [2.75, 3.05) is 32.7 Å². The van der Waals surface area contributed by atoms with Crippen LogP contribution in [0.4, 0.5) is 14.4 Å². The van der Waals surface area contributed by atoms with Crippen LogP contribution in [0.15, 0.2) is 0 Å². The van der Waals surface area contributed by atoms with Gasteiger partial charge in [-0.2, -0.15) is 0 Å². The lowest BCUT2D eigenvalue weighted by Crippen LogP contribution is -2.61. The largest absolute Gasteiger partial charge is 0.370 e. The summed E-state index contributed by atoms with van der Waals surface area (Å²) in [5.41, 5.74) is 27.3. The van der Waals surface area contributed by atoms with Gasteiger partial charge in [0.15, 0.2) is 5.96 Å². The maximum atomic E-state index is 12.5. The van der Waals surface area contributed by atoms with Gasteiger partial charge in [-0.15, -0.1) is 0 Å². The SMILES string of the molecule is CC(NC(N)=O)C(CCNC(=N)N)N(C(N)=O)C(CCCCN)CNC(=O)NCCN. The molecule has 31 heavy (non-hydrogen) atoms. The molecule has 0 saturated carbocycles. The zero-order chi connectivity index (χ0) is 23.8. The molecule has 0 rings (SSSR count). The van der Waals surface area contributed by atoms with E-state index in [0.29, 0.717) is 38.9 Å². The molecule has 3 atom stereocenters. The summed E-state index contributed by atoms with van der Waals surface area (Å²) in [4.78, 5) is 37.3. The molecule has 0 heterocycles. The van der Waals surface area contributed by atoms with Crippen molar-refractivity contribution in [2.45, 2.75) is 50.7 Å². The van der Waals surface area contributed by atoms with E-state index in [4.69, 9.17) is 34.1 Å². The number of hydrogen-bond donors (Lipinski definition) is 10. The first-order chi connectivity index (χ1) is 14.6. The van der Waals surface area contributed by atoms with Gasteiger partial charge >= 0.3 is 18.1 Å². The van der Waals surface area contributed by atoms with Crippen molar-refractivity contribution < 1.29 is 14.4 Å². The predicted octanol–water partition coefficient (Wildman–Crippen LogP) is -2.58. The lowest BCUT2D eigenvalue weighted by molar-refractivity contribution is 0.123. The van der Waals surface area contributed by atoms with Crippen LogP contribution in [0.3, 0.4) is 0 Å². The molecule has 14 heteroatoms. The van der Waals surface area contributed by atoms with Gasteiger partial charge in [-0.3, -0.25) is 5.41 Å². The van der Waals surface area contributed by atoms with E-state index in [9.17, 15) is 14.4 Å². The fraction of sp³-hybridized carbons (Fsp3) is 0.765. The summed E-state index contributed by atoms with van der Waals surface area (Å²) in [6.07, 6.45) is 2.27. The molecule has 0 aromatic carbocycles. The Kier molecular flexibility index (Phi) is 14.3. The third-order valence-corrected chi connectivity index (χ3v) is 4.63. The van der Waals surface area contributed by atoms with Gasteiger partial charge < -0.3 is 54.8 Å². The molecular formula is C17H39N11O3. The molecule has 0 aliphatic heterocycles. The van der Waals surface area contributed by atoms with Crippen LogP contribution in [0.2, 0.25) is 0 Å². The third-order valence-electron chi connectivity index (χ3n) is 4.63. The number of hydrogen-bond acceptors (Lipinski definition) is 6. The summed E-state index contributed by atoms with van der Waals surface area (Å²) >= 11 is 0. The fourth-order valence-electron chi connectivity index (χ4n) is 3.24. The highest BCUT2D eigenvalue weighted by molar-refractivity contribution is 5.76. The molecule has 0 aliphatic rings. The molecule has 0 saturated heterocycles. The molecule has 180 valence electrons. The zero-order valence-corrected chi connectivity index (χ0v) is 18.2. The van der Waals surface area contributed by atoms with Gasteiger partial charge in [0.2, 0.25) is 0 Å². The Morgan fingerprint density at radius 2 is 1.61 bits per heavy atom. The van der Waals surface area contributed by atoms with Gasteiger partial charge in [0, 0.05) is 32.2 Å². The average Bonchev–Trinajstić information content (AvgIpc) is 2.67. The van der Waals surface area contributed by atoms with E-state index in [0.717, 1.165) is 6.42 Å². The van der Waals surface area contributed by atoms with E-state index < -0.39 is 36.2 Å². The smallest absolute Gasteiger partial charge is 0.315 e. The van der Waals surface area contributed by atoms with Crippen molar-refractivity contribution in [2.24, 2.45) is 28.7 Å². The molecule has 14 nitrogen and oxygen atoms in total. The molecule has 0 aliphatic carbocycles.